The van der Waals surface area contributed by atoms with Crippen LogP contribution >= 0.6 is 0 Å². The Hall–Kier alpha value is -1.13. The lowest BCUT2D eigenvalue weighted by atomic mass is 10.1. The summed E-state index contributed by atoms with van der Waals surface area (Å²) in [7, 11) is 0. The van der Waals surface area contributed by atoms with E-state index in [4.69, 9.17) is 0 Å². The molecule has 0 saturated heterocycles. The third-order valence-corrected chi connectivity index (χ3v) is 3.77. The molecule has 1 heterocycles. The number of aryl methyl sites for hydroxylation is 1. The molecule has 20 heavy (non-hydrogen) atoms. The van der Waals surface area contributed by atoms with Crippen LogP contribution in [-0.2, 0) is 6.54 Å². The van der Waals surface area contributed by atoms with Gasteiger partial charge in [0.15, 0.2) is 5.78 Å². The van der Waals surface area contributed by atoms with Crippen molar-refractivity contribution in [1.82, 2.24) is 9.47 Å². The van der Waals surface area contributed by atoms with Crippen LogP contribution in [0, 0.1) is 13.8 Å². The number of carbonyl (C=O) groups excluding carboxylic acids is 1. The molecule has 0 aliphatic rings. The van der Waals surface area contributed by atoms with Crippen molar-refractivity contribution in [2.45, 2.75) is 60.2 Å². The van der Waals surface area contributed by atoms with Crippen LogP contribution < -0.4 is 0 Å². The summed E-state index contributed by atoms with van der Waals surface area (Å²) >= 11 is 0. The van der Waals surface area contributed by atoms with Crippen molar-refractivity contribution in [2.24, 2.45) is 0 Å². The lowest BCUT2D eigenvalue weighted by Crippen LogP contribution is -2.40. The van der Waals surface area contributed by atoms with Crippen molar-refractivity contribution in [1.29, 1.82) is 0 Å². The van der Waals surface area contributed by atoms with Crippen molar-refractivity contribution >= 4 is 5.78 Å². The van der Waals surface area contributed by atoms with Gasteiger partial charge in [-0.25, -0.2) is 0 Å². The Morgan fingerprint density at radius 3 is 2.35 bits per heavy atom. The van der Waals surface area contributed by atoms with Gasteiger partial charge in [0.2, 0.25) is 0 Å². The molecule has 1 rings (SSSR count). The lowest BCUT2D eigenvalue weighted by Gasteiger charge is -2.26. The summed E-state index contributed by atoms with van der Waals surface area (Å²) < 4.78 is 2.15. The molecule has 0 spiro atoms. The molecular weight excluding hydrogens is 252 g/mol. The lowest BCUT2D eigenvalue weighted by molar-refractivity contribution is 0.0798. The quantitative estimate of drug-likeness (QED) is 0.780. The second kappa shape index (κ2) is 7.04. The highest BCUT2D eigenvalue weighted by molar-refractivity contribution is 5.99. The summed E-state index contributed by atoms with van der Waals surface area (Å²) in [6.45, 7) is 13.7. The molecule has 1 N–H and O–H groups in total. The van der Waals surface area contributed by atoms with Gasteiger partial charge < -0.3 is 9.67 Å². The molecule has 0 aliphatic heterocycles. The van der Waals surface area contributed by atoms with Gasteiger partial charge in [-0.1, -0.05) is 0 Å². The van der Waals surface area contributed by atoms with E-state index in [9.17, 15) is 9.90 Å². The van der Waals surface area contributed by atoms with Gasteiger partial charge in [-0.15, -0.1) is 0 Å². The molecule has 0 aliphatic carbocycles. The second-order valence-electron chi connectivity index (χ2n) is 5.82. The third-order valence-electron chi connectivity index (χ3n) is 3.77. The van der Waals surface area contributed by atoms with Gasteiger partial charge in [0.1, 0.15) is 0 Å². The van der Waals surface area contributed by atoms with Gasteiger partial charge in [-0.3, -0.25) is 9.69 Å². The third kappa shape index (κ3) is 3.93. The molecule has 1 aromatic heterocycles. The molecule has 0 bridgehead atoms. The Morgan fingerprint density at radius 1 is 1.35 bits per heavy atom. The Kier molecular flexibility index (Phi) is 5.96. The Bertz CT molecular complexity index is 461. The molecule has 0 amide bonds. The molecule has 114 valence electrons. The average Bonchev–Trinajstić information content (AvgIpc) is 2.62. The van der Waals surface area contributed by atoms with Crippen LogP contribution in [0.15, 0.2) is 6.07 Å². The number of nitrogens with zero attached hydrogens (tertiary/aromatic N) is 2. The number of Topliss-reactive ketones (excluding diaryl/α,β-unsaturated/α-hetero) is 1. The monoisotopic (exact) mass is 280 g/mol. The Balaban J connectivity index is 2.89. The summed E-state index contributed by atoms with van der Waals surface area (Å²) in [4.78, 5) is 14.5. The van der Waals surface area contributed by atoms with Crippen molar-refractivity contribution in [3.05, 3.63) is 23.0 Å². The number of carbonyl (C=O) groups is 1. The van der Waals surface area contributed by atoms with E-state index in [1.165, 1.54) is 0 Å². The fourth-order valence-electron chi connectivity index (χ4n) is 2.64. The fraction of sp³-hybridized carbons (Fsp3) is 0.688. The van der Waals surface area contributed by atoms with E-state index in [2.05, 4.69) is 11.5 Å². The van der Waals surface area contributed by atoms with Crippen LogP contribution in [0.1, 0.15) is 49.4 Å². The minimum Gasteiger partial charge on any atom is -0.392 e. The zero-order chi connectivity index (χ0) is 15.4. The van der Waals surface area contributed by atoms with E-state index in [0.717, 1.165) is 23.5 Å². The number of hydrogen-bond donors (Lipinski definition) is 1. The van der Waals surface area contributed by atoms with Gasteiger partial charge >= 0.3 is 0 Å². The second-order valence-corrected chi connectivity index (χ2v) is 5.82. The maximum Gasteiger partial charge on any atom is 0.178 e. The van der Waals surface area contributed by atoms with Crippen molar-refractivity contribution in [3.8, 4) is 0 Å². The zero-order valence-electron chi connectivity index (χ0n) is 13.6. The Labute approximate surface area is 122 Å². The van der Waals surface area contributed by atoms with Crippen molar-refractivity contribution in [2.75, 3.05) is 13.1 Å². The van der Waals surface area contributed by atoms with E-state index in [1.807, 2.05) is 38.7 Å². The maximum atomic E-state index is 12.5. The van der Waals surface area contributed by atoms with E-state index in [0.29, 0.717) is 13.1 Å². The molecule has 0 saturated carbocycles. The van der Waals surface area contributed by atoms with E-state index in [1.54, 1.807) is 6.92 Å². The Morgan fingerprint density at radius 2 is 1.95 bits per heavy atom. The number of aromatic nitrogens is 1. The molecule has 1 unspecified atom stereocenters. The number of hydrogen-bond acceptors (Lipinski definition) is 3. The molecule has 0 radical (unpaired) electrons. The smallest absolute Gasteiger partial charge is 0.178 e. The first kappa shape index (κ1) is 16.9. The topological polar surface area (TPSA) is 45.5 Å². The summed E-state index contributed by atoms with van der Waals surface area (Å²) in [6.07, 6.45) is -0.423. The number of ketones is 1. The van der Waals surface area contributed by atoms with E-state index < -0.39 is 6.10 Å². The van der Waals surface area contributed by atoms with Crippen molar-refractivity contribution < 1.29 is 9.90 Å². The highest BCUT2D eigenvalue weighted by atomic mass is 16.3. The molecule has 1 atom stereocenters. The molecular formula is C16H28N2O2. The summed E-state index contributed by atoms with van der Waals surface area (Å²) in [5.74, 6) is 0.132. The van der Waals surface area contributed by atoms with Crippen LogP contribution in [-0.4, -0.2) is 45.6 Å². The van der Waals surface area contributed by atoms with Crippen LogP contribution in [0.25, 0.3) is 0 Å². The zero-order valence-corrected chi connectivity index (χ0v) is 13.6. The standard InChI is InChI=1S/C16H28N2O2/c1-7-18-12(4)8-15(14(18)6)16(20)10-17(11(2)3)9-13(5)19/h8,11,13,19H,7,9-10H2,1-6H3. The van der Waals surface area contributed by atoms with Gasteiger partial charge in [-0.2, -0.15) is 0 Å². The van der Waals surface area contributed by atoms with Gasteiger partial charge in [0, 0.05) is 36.1 Å². The molecule has 0 aromatic carbocycles. The minimum absolute atomic E-state index is 0.132. The van der Waals surface area contributed by atoms with Gasteiger partial charge in [0.25, 0.3) is 0 Å². The SMILES string of the molecule is CCn1c(C)cc(C(=O)CN(CC(C)O)C(C)C)c1C. The number of rotatable bonds is 7. The van der Waals surface area contributed by atoms with Gasteiger partial charge in [-0.05, 0) is 47.6 Å². The largest absolute Gasteiger partial charge is 0.392 e. The number of aliphatic hydroxyl groups is 1. The van der Waals surface area contributed by atoms with Crippen LogP contribution in [0.4, 0.5) is 0 Å². The first-order valence-electron chi connectivity index (χ1n) is 7.39. The average molecular weight is 280 g/mol. The fourth-order valence-corrected chi connectivity index (χ4v) is 2.64. The predicted molar refractivity (Wildman–Crippen MR) is 82.3 cm³/mol. The van der Waals surface area contributed by atoms with Crippen molar-refractivity contribution in [3.63, 3.8) is 0 Å². The summed E-state index contributed by atoms with van der Waals surface area (Å²) in [5.41, 5.74) is 2.97. The normalized spacial score (nSPS) is 13.2. The summed E-state index contributed by atoms with van der Waals surface area (Å²) in [6, 6.07) is 2.21. The predicted octanol–water partition coefficient (Wildman–Crippen LogP) is 2.40. The van der Waals surface area contributed by atoms with Crippen LogP contribution in [0.5, 0.6) is 0 Å². The minimum atomic E-state index is -0.423. The van der Waals surface area contributed by atoms with E-state index >= 15 is 0 Å². The summed E-state index contributed by atoms with van der Waals surface area (Å²) in [5, 5.41) is 9.54. The van der Waals surface area contributed by atoms with Gasteiger partial charge in [0.05, 0.1) is 12.6 Å². The highest BCUT2D eigenvalue weighted by Crippen LogP contribution is 2.16. The molecule has 1 aromatic rings. The first-order valence-corrected chi connectivity index (χ1v) is 7.39. The molecule has 4 heteroatoms. The highest BCUT2D eigenvalue weighted by Gasteiger charge is 2.20. The van der Waals surface area contributed by atoms with E-state index in [-0.39, 0.29) is 11.8 Å². The number of aliphatic hydroxyl groups excluding tert-OH is 1. The van der Waals surface area contributed by atoms with Crippen LogP contribution in [0.2, 0.25) is 0 Å². The van der Waals surface area contributed by atoms with Crippen LogP contribution in [0.3, 0.4) is 0 Å². The molecule has 0 fully saturated rings. The maximum absolute atomic E-state index is 12.5. The molecule has 4 nitrogen and oxygen atoms in total. The first-order chi connectivity index (χ1) is 9.27.